The molecule has 0 saturated carbocycles. The third-order valence-corrected chi connectivity index (χ3v) is 4.69. The summed E-state index contributed by atoms with van der Waals surface area (Å²) in [4.78, 5) is 14.4. The van der Waals surface area contributed by atoms with Gasteiger partial charge in [0.25, 0.3) is 5.56 Å². The lowest BCUT2D eigenvalue weighted by molar-refractivity contribution is 0.472. The molecule has 8 heteroatoms. The lowest BCUT2D eigenvalue weighted by Crippen LogP contribution is -2.10. The Morgan fingerprint density at radius 3 is 2.50 bits per heavy atom. The number of fused-ring (bicyclic) bond motifs is 1. The van der Waals surface area contributed by atoms with Gasteiger partial charge in [-0.2, -0.15) is 5.26 Å². The number of nitrogens with one attached hydrogen (secondary N) is 1. The summed E-state index contributed by atoms with van der Waals surface area (Å²) < 4.78 is 15.5. The van der Waals surface area contributed by atoms with E-state index in [-0.39, 0.29) is 27.5 Å². The number of hydrogen-bond acceptors (Lipinski definition) is 4. The molecular weight excluding hydrogens is 385 g/mol. The fourth-order valence-corrected chi connectivity index (χ4v) is 3.44. The van der Waals surface area contributed by atoms with Gasteiger partial charge >= 0.3 is 0 Å². The van der Waals surface area contributed by atoms with Crippen LogP contribution in [0.15, 0.2) is 53.3 Å². The first kappa shape index (κ1) is 17.6. The Bertz CT molecular complexity index is 1310. The van der Waals surface area contributed by atoms with E-state index in [0.29, 0.717) is 11.3 Å². The van der Waals surface area contributed by atoms with Crippen molar-refractivity contribution in [3.63, 3.8) is 0 Å². The fraction of sp³-hybridized carbons (Fsp3) is 0. The number of hydrogen-bond donors (Lipinski definition) is 3. The van der Waals surface area contributed by atoms with Gasteiger partial charge in [0, 0.05) is 5.69 Å². The second kappa shape index (κ2) is 6.44. The molecule has 0 fully saturated rings. The molecule has 0 spiro atoms. The number of aromatic nitrogens is 2. The van der Waals surface area contributed by atoms with Gasteiger partial charge in [0.2, 0.25) is 0 Å². The molecule has 0 aliphatic carbocycles. The molecular formula is C20H11ClFN3O3. The minimum atomic E-state index is -0.716. The van der Waals surface area contributed by atoms with E-state index in [2.05, 4.69) is 4.98 Å². The van der Waals surface area contributed by atoms with E-state index in [9.17, 15) is 19.4 Å². The predicted molar refractivity (Wildman–Crippen MR) is 102 cm³/mol. The van der Waals surface area contributed by atoms with Crippen LogP contribution in [0.1, 0.15) is 5.56 Å². The molecule has 0 radical (unpaired) electrons. The molecule has 2 aromatic carbocycles. The third-order valence-electron chi connectivity index (χ3n) is 4.41. The zero-order valence-corrected chi connectivity index (χ0v) is 14.8. The van der Waals surface area contributed by atoms with E-state index in [1.807, 2.05) is 0 Å². The highest BCUT2D eigenvalue weighted by Crippen LogP contribution is 2.35. The summed E-state index contributed by atoms with van der Waals surface area (Å²) >= 11 is 6.28. The number of aromatic hydroxyl groups is 2. The van der Waals surface area contributed by atoms with Gasteiger partial charge in [-0.1, -0.05) is 29.8 Å². The number of pyridine rings is 1. The summed E-state index contributed by atoms with van der Waals surface area (Å²) in [6.07, 6.45) is 0. The van der Waals surface area contributed by atoms with E-state index in [1.165, 1.54) is 28.8 Å². The quantitative estimate of drug-likeness (QED) is 0.476. The van der Waals surface area contributed by atoms with Crippen molar-refractivity contribution in [3.8, 4) is 34.4 Å². The summed E-state index contributed by atoms with van der Waals surface area (Å²) in [7, 11) is 0. The van der Waals surface area contributed by atoms with Crippen LogP contribution in [0.5, 0.6) is 11.5 Å². The van der Waals surface area contributed by atoms with Crippen LogP contribution in [0, 0.1) is 17.1 Å². The maximum atomic E-state index is 14.1. The monoisotopic (exact) mass is 395 g/mol. The molecule has 0 atom stereocenters. The van der Waals surface area contributed by atoms with Gasteiger partial charge in [-0.05, 0) is 35.9 Å². The Morgan fingerprint density at radius 2 is 1.86 bits per heavy atom. The highest BCUT2D eigenvalue weighted by molar-refractivity contribution is 6.31. The summed E-state index contributed by atoms with van der Waals surface area (Å²) in [6, 6.07) is 13.6. The Balaban J connectivity index is 1.91. The molecule has 2 aromatic heterocycles. The summed E-state index contributed by atoms with van der Waals surface area (Å²) in [6.45, 7) is 0. The molecule has 28 heavy (non-hydrogen) atoms. The van der Waals surface area contributed by atoms with Crippen molar-refractivity contribution < 1.29 is 14.6 Å². The first-order valence-electron chi connectivity index (χ1n) is 8.07. The molecule has 0 saturated heterocycles. The zero-order valence-electron chi connectivity index (χ0n) is 14.1. The van der Waals surface area contributed by atoms with Crippen LogP contribution in [0.4, 0.5) is 4.39 Å². The number of rotatable bonds is 2. The Labute approximate surface area is 162 Å². The molecule has 0 bridgehead atoms. The van der Waals surface area contributed by atoms with Crippen LogP contribution in [-0.4, -0.2) is 19.8 Å². The van der Waals surface area contributed by atoms with Gasteiger partial charge in [-0.15, -0.1) is 0 Å². The lowest BCUT2D eigenvalue weighted by atomic mass is 10.0. The molecule has 138 valence electrons. The third kappa shape index (κ3) is 2.59. The molecule has 0 aliphatic rings. The largest absolute Gasteiger partial charge is 0.507 e. The Morgan fingerprint density at radius 1 is 1.14 bits per heavy atom. The number of phenols is 1. The fourth-order valence-electron chi connectivity index (χ4n) is 3.15. The van der Waals surface area contributed by atoms with Crippen molar-refractivity contribution in [1.82, 2.24) is 9.55 Å². The highest BCUT2D eigenvalue weighted by atomic mass is 35.5. The number of H-pyrrole nitrogens is 1. The van der Waals surface area contributed by atoms with E-state index >= 15 is 0 Å². The van der Waals surface area contributed by atoms with Crippen molar-refractivity contribution in [1.29, 1.82) is 5.26 Å². The van der Waals surface area contributed by atoms with Crippen LogP contribution in [0.25, 0.3) is 27.8 Å². The summed E-state index contributed by atoms with van der Waals surface area (Å²) in [5, 5.41) is 29.6. The molecule has 4 aromatic rings. The first-order valence-corrected chi connectivity index (χ1v) is 8.44. The van der Waals surface area contributed by atoms with Gasteiger partial charge in [-0.3, -0.25) is 9.36 Å². The average molecular weight is 396 g/mol. The maximum Gasteiger partial charge on any atom is 0.270 e. The standard InChI is InChI=1S/C20H11ClFN3O3/c21-16-8-14-18(19(27)12(9-23)20(28)24-14)25(16)11-6-4-10(5-7-11)17-13(22)2-1-3-15(17)26/h1-8,26H,(H2,24,27,28). The SMILES string of the molecule is N#Cc1c(O)c2c(cc(Cl)n2-c2ccc(-c3c(O)cccc3F)cc2)[nH]c1=O. The van der Waals surface area contributed by atoms with Crippen LogP contribution < -0.4 is 5.56 Å². The van der Waals surface area contributed by atoms with Gasteiger partial charge in [0.05, 0.1) is 11.1 Å². The Hall–Kier alpha value is -3.76. The molecule has 6 nitrogen and oxygen atoms in total. The van der Waals surface area contributed by atoms with Crippen LogP contribution in [-0.2, 0) is 0 Å². The smallest absolute Gasteiger partial charge is 0.270 e. The second-order valence-electron chi connectivity index (χ2n) is 6.04. The lowest BCUT2D eigenvalue weighted by Gasteiger charge is -2.11. The normalized spacial score (nSPS) is 10.9. The molecule has 4 rings (SSSR count). The van der Waals surface area contributed by atoms with Gasteiger partial charge < -0.3 is 15.2 Å². The van der Waals surface area contributed by atoms with Crippen molar-refractivity contribution >= 4 is 22.6 Å². The second-order valence-corrected chi connectivity index (χ2v) is 6.42. The summed E-state index contributed by atoms with van der Waals surface area (Å²) in [5.41, 5.74) is 0.317. The van der Waals surface area contributed by atoms with E-state index in [0.717, 1.165) is 0 Å². The molecule has 3 N–H and O–H groups in total. The predicted octanol–water partition coefficient (Wildman–Crippen LogP) is 4.06. The van der Waals surface area contributed by atoms with Gasteiger partial charge in [0.1, 0.15) is 28.3 Å². The molecule has 2 heterocycles. The minimum Gasteiger partial charge on any atom is -0.507 e. The number of aromatic amines is 1. The number of benzene rings is 2. The average Bonchev–Trinajstić information content (AvgIpc) is 2.98. The van der Waals surface area contributed by atoms with Crippen LogP contribution in [0.3, 0.4) is 0 Å². The van der Waals surface area contributed by atoms with Gasteiger partial charge in [-0.25, -0.2) is 4.39 Å². The van der Waals surface area contributed by atoms with Crippen molar-refractivity contribution in [2.75, 3.05) is 0 Å². The van der Waals surface area contributed by atoms with Crippen LogP contribution in [0.2, 0.25) is 5.15 Å². The van der Waals surface area contributed by atoms with Crippen molar-refractivity contribution in [2.24, 2.45) is 0 Å². The first-order chi connectivity index (χ1) is 13.4. The van der Waals surface area contributed by atoms with Gasteiger partial charge in [0.15, 0.2) is 11.3 Å². The highest BCUT2D eigenvalue weighted by Gasteiger charge is 2.19. The zero-order chi connectivity index (χ0) is 20.0. The summed E-state index contributed by atoms with van der Waals surface area (Å²) in [5.74, 6) is -1.24. The van der Waals surface area contributed by atoms with Crippen molar-refractivity contribution in [3.05, 3.63) is 75.4 Å². The number of nitriles is 1. The number of halogens is 2. The molecule has 0 amide bonds. The Kier molecular flexibility index (Phi) is 4.06. The topological polar surface area (TPSA) is 102 Å². The molecule has 0 aliphatic heterocycles. The minimum absolute atomic E-state index is 0.0662. The van der Waals surface area contributed by atoms with E-state index in [1.54, 1.807) is 30.3 Å². The van der Waals surface area contributed by atoms with Crippen LogP contribution >= 0.6 is 11.6 Å². The number of nitrogens with zero attached hydrogens (tertiary/aromatic N) is 2. The maximum absolute atomic E-state index is 14.1. The number of phenolic OH excluding ortho intramolecular Hbond substituents is 1. The van der Waals surface area contributed by atoms with Crippen molar-refractivity contribution in [2.45, 2.75) is 0 Å². The molecule has 0 unspecified atom stereocenters. The van der Waals surface area contributed by atoms with E-state index in [4.69, 9.17) is 16.9 Å². The van der Waals surface area contributed by atoms with E-state index < -0.39 is 22.7 Å².